The molecular weight excluding hydrogens is 413 g/mol. The zero-order chi connectivity index (χ0) is 21.6. The number of carbonyl (C=O) groups excluding carboxylic acids is 1. The van der Waals surface area contributed by atoms with Crippen LogP contribution in [0.3, 0.4) is 0 Å². The number of anilines is 1. The predicted octanol–water partition coefficient (Wildman–Crippen LogP) is 4.93. The second-order valence-electron chi connectivity index (χ2n) is 7.57. The first kappa shape index (κ1) is 21.3. The molecule has 0 radical (unpaired) electrons. The van der Waals surface area contributed by atoms with Gasteiger partial charge in [-0.15, -0.1) is 11.3 Å². The van der Waals surface area contributed by atoms with E-state index in [2.05, 4.69) is 21.2 Å². The van der Waals surface area contributed by atoms with Crippen LogP contribution in [0.4, 0.5) is 14.9 Å². The third-order valence-corrected chi connectivity index (χ3v) is 6.45. The molecule has 3 aromatic rings. The highest BCUT2D eigenvalue weighted by Gasteiger charge is 2.31. The first-order chi connectivity index (χ1) is 15.1. The van der Waals surface area contributed by atoms with E-state index in [1.165, 1.54) is 10.9 Å². The largest absolute Gasteiger partial charge is 0.412 e. The van der Waals surface area contributed by atoms with Crippen LogP contribution in [0.5, 0.6) is 5.75 Å². The van der Waals surface area contributed by atoms with E-state index < -0.39 is 6.09 Å². The van der Waals surface area contributed by atoms with Crippen LogP contribution in [0.15, 0.2) is 72.1 Å². The third kappa shape index (κ3) is 5.24. The molecule has 1 fully saturated rings. The molecule has 1 aromatic heterocycles. The van der Waals surface area contributed by atoms with Gasteiger partial charge in [0.05, 0.1) is 11.7 Å². The molecule has 0 unspecified atom stereocenters. The summed E-state index contributed by atoms with van der Waals surface area (Å²) in [5.41, 5.74) is 0.646. The molecule has 2 heterocycles. The SMILES string of the molecule is C[C@@H](NC(=O)Oc1ccccc1)[C@@H](c1cccs1)N1CCN(c2ccccc2F)CC1. The van der Waals surface area contributed by atoms with Gasteiger partial charge in [-0.3, -0.25) is 4.90 Å². The Morgan fingerprint density at radius 1 is 1.00 bits per heavy atom. The Labute approximate surface area is 186 Å². The number of nitrogens with zero attached hydrogens (tertiary/aromatic N) is 2. The van der Waals surface area contributed by atoms with Crippen molar-refractivity contribution in [1.29, 1.82) is 0 Å². The highest BCUT2D eigenvalue weighted by atomic mass is 32.1. The lowest BCUT2D eigenvalue weighted by molar-refractivity contribution is 0.146. The molecule has 2 aromatic carbocycles. The number of nitrogens with one attached hydrogen (secondary N) is 1. The van der Waals surface area contributed by atoms with Crippen molar-refractivity contribution in [2.24, 2.45) is 0 Å². The highest BCUT2D eigenvalue weighted by Crippen LogP contribution is 2.30. The maximum atomic E-state index is 14.2. The fourth-order valence-electron chi connectivity index (χ4n) is 4.04. The van der Waals surface area contributed by atoms with Gasteiger partial charge in [0.15, 0.2) is 0 Å². The number of halogens is 1. The Morgan fingerprint density at radius 3 is 2.39 bits per heavy atom. The summed E-state index contributed by atoms with van der Waals surface area (Å²) in [6, 6.07) is 19.9. The van der Waals surface area contributed by atoms with Crippen molar-refractivity contribution in [3.05, 3.63) is 82.8 Å². The van der Waals surface area contributed by atoms with Gasteiger partial charge in [-0.1, -0.05) is 36.4 Å². The molecule has 0 bridgehead atoms. The summed E-state index contributed by atoms with van der Waals surface area (Å²) < 4.78 is 19.6. The van der Waals surface area contributed by atoms with E-state index in [4.69, 9.17) is 4.74 Å². The smallest absolute Gasteiger partial charge is 0.410 e. The van der Waals surface area contributed by atoms with Crippen LogP contribution in [-0.4, -0.2) is 43.2 Å². The Morgan fingerprint density at radius 2 is 1.71 bits per heavy atom. The Balaban J connectivity index is 1.42. The van der Waals surface area contributed by atoms with Gasteiger partial charge in [-0.25, -0.2) is 9.18 Å². The van der Waals surface area contributed by atoms with Crippen molar-refractivity contribution in [3.8, 4) is 5.75 Å². The summed E-state index contributed by atoms with van der Waals surface area (Å²) in [4.78, 5) is 18.1. The fourth-order valence-corrected chi connectivity index (χ4v) is 5.01. The number of benzene rings is 2. The van der Waals surface area contributed by atoms with E-state index in [-0.39, 0.29) is 17.9 Å². The molecule has 1 saturated heterocycles. The maximum Gasteiger partial charge on any atom is 0.412 e. The van der Waals surface area contributed by atoms with E-state index >= 15 is 0 Å². The van der Waals surface area contributed by atoms with Gasteiger partial charge < -0.3 is 15.0 Å². The molecule has 0 aliphatic carbocycles. The van der Waals surface area contributed by atoms with Crippen LogP contribution in [0, 0.1) is 5.82 Å². The average molecular weight is 440 g/mol. The molecule has 31 heavy (non-hydrogen) atoms. The van der Waals surface area contributed by atoms with E-state index in [0.29, 0.717) is 11.4 Å². The van der Waals surface area contributed by atoms with Crippen LogP contribution in [0.2, 0.25) is 0 Å². The quantitative estimate of drug-likeness (QED) is 0.592. The second kappa shape index (κ2) is 9.94. The van der Waals surface area contributed by atoms with E-state index in [9.17, 15) is 9.18 Å². The number of carbonyl (C=O) groups is 1. The van der Waals surface area contributed by atoms with Crippen molar-refractivity contribution in [1.82, 2.24) is 10.2 Å². The number of hydrogen-bond donors (Lipinski definition) is 1. The molecule has 5 nitrogen and oxygen atoms in total. The van der Waals surface area contributed by atoms with E-state index in [1.54, 1.807) is 29.5 Å². The molecule has 7 heteroatoms. The van der Waals surface area contributed by atoms with Crippen molar-refractivity contribution >= 4 is 23.1 Å². The zero-order valence-corrected chi connectivity index (χ0v) is 18.2. The van der Waals surface area contributed by atoms with Gasteiger partial charge >= 0.3 is 6.09 Å². The number of amides is 1. The minimum absolute atomic E-state index is 0.0195. The average Bonchev–Trinajstić information content (AvgIpc) is 3.30. The normalized spacial score (nSPS) is 16.5. The van der Waals surface area contributed by atoms with Crippen molar-refractivity contribution in [2.45, 2.75) is 19.0 Å². The van der Waals surface area contributed by atoms with Crippen molar-refractivity contribution < 1.29 is 13.9 Å². The van der Waals surface area contributed by atoms with Crippen LogP contribution >= 0.6 is 11.3 Å². The molecule has 4 rings (SSSR count). The molecule has 0 spiro atoms. The Bertz CT molecular complexity index is 976. The van der Waals surface area contributed by atoms with Crippen LogP contribution in [0.25, 0.3) is 0 Å². The number of ether oxygens (including phenoxy) is 1. The van der Waals surface area contributed by atoms with Crippen LogP contribution in [-0.2, 0) is 0 Å². The lowest BCUT2D eigenvalue weighted by Crippen LogP contribution is -2.52. The topological polar surface area (TPSA) is 44.8 Å². The van der Waals surface area contributed by atoms with E-state index in [0.717, 1.165) is 26.2 Å². The monoisotopic (exact) mass is 439 g/mol. The number of thiophene rings is 1. The minimum atomic E-state index is -0.467. The summed E-state index contributed by atoms with van der Waals surface area (Å²) in [7, 11) is 0. The number of piperazine rings is 1. The summed E-state index contributed by atoms with van der Waals surface area (Å²) in [5, 5.41) is 5.04. The Hall–Kier alpha value is -2.90. The van der Waals surface area contributed by atoms with Crippen molar-refractivity contribution in [3.63, 3.8) is 0 Å². The van der Waals surface area contributed by atoms with Crippen molar-refractivity contribution in [2.75, 3.05) is 31.1 Å². The standard InChI is InChI=1S/C24H26FN3O2S/c1-18(26-24(29)30-19-8-3-2-4-9-19)23(22-12-7-17-31-22)28-15-13-27(14-16-28)21-11-6-5-10-20(21)25/h2-12,17-18,23H,13-16H2,1H3,(H,26,29)/t18-,23+/m1/s1. The number of hydrogen-bond acceptors (Lipinski definition) is 5. The van der Waals surface area contributed by atoms with Gasteiger partial charge in [-0.05, 0) is 42.6 Å². The number of rotatable bonds is 6. The summed E-state index contributed by atoms with van der Waals surface area (Å²) in [5.74, 6) is 0.322. The minimum Gasteiger partial charge on any atom is -0.410 e. The van der Waals surface area contributed by atoms with Gasteiger partial charge in [0.2, 0.25) is 0 Å². The predicted molar refractivity (Wildman–Crippen MR) is 122 cm³/mol. The lowest BCUT2D eigenvalue weighted by atomic mass is 10.0. The number of para-hydroxylation sites is 2. The maximum absolute atomic E-state index is 14.2. The lowest BCUT2D eigenvalue weighted by Gasteiger charge is -2.42. The van der Waals surface area contributed by atoms with Gasteiger partial charge in [0.25, 0.3) is 0 Å². The Kier molecular flexibility index (Phi) is 6.84. The zero-order valence-electron chi connectivity index (χ0n) is 17.4. The molecule has 162 valence electrons. The van der Waals surface area contributed by atoms with Gasteiger partial charge in [0, 0.05) is 37.1 Å². The molecule has 0 saturated carbocycles. The first-order valence-electron chi connectivity index (χ1n) is 10.4. The van der Waals surface area contributed by atoms with Gasteiger partial charge in [0.1, 0.15) is 11.6 Å². The molecular formula is C24H26FN3O2S. The molecule has 1 N–H and O–H groups in total. The molecule has 1 aliphatic heterocycles. The van der Waals surface area contributed by atoms with E-state index in [1.807, 2.05) is 48.7 Å². The molecule has 2 atom stereocenters. The first-order valence-corrected chi connectivity index (χ1v) is 11.3. The highest BCUT2D eigenvalue weighted by molar-refractivity contribution is 7.10. The summed E-state index contributed by atoms with van der Waals surface area (Å²) in [6.07, 6.45) is -0.467. The summed E-state index contributed by atoms with van der Waals surface area (Å²) >= 11 is 1.68. The molecule has 1 amide bonds. The van der Waals surface area contributed by atoms with Gasteiger partial charge in [-0.2, -0.15) is 0 Å². The summed E-state index contributed by atoms with van der Waals surface area (Å²) in [6.45, 7) is 5.00. The third-order valence-electron chi connectivity index (χ3n) is 5.51. The van der Waals surface area contributed by atoms with Crippen LogP contribution < -0.4 is 15.0 Å². The fraction of sp³-hybridized carbons (Fsp3) is 0.292. The molecule has 1 aliphatic rings. The second-order valence-corrected chi connectivity index (χ2v) is 8.55. The van der Waals surface area contributed by atoms with Crippen LogP contribution in [0.1, 0.15) is 17.8 Å².